The Morgan fingerprint density at radius 3 is 2.42 bits per heavy atom. The maximum absolute atomic E-state index is 12.2. The summed E-state index contributed by atoms with van der Waals surface area (Å²) in [6, 6.07) is 5.66. The smallest absolute Gasteiger partial charge is 0.182 e. The van der Waals surface area contributed by atoms with Crippen LogP contribution in [0, 0.1) is 5.92 Å². The van der Waals surface area contributed by atoms with Crippen LogP contribution in [-0.2, 0) is 0 Å². The summed E-state index contributed by atoms with van der Waals surface area (Å²) in [5, 5.41) is 0.973. The number of carbonyl (C=O) groups is 1. The van der Waals surface area contributed by atoms with Gasteiger partial charge in [-0.05, 0) is 25.0 Å². The van der Waals surface area contributed by atoms with E-state index in [2.05, 4.69) is 4.98 Å². The Morgan fingerprint density at radius 2 is 1.84 bits per heavy atom. The highest BCUT2D eigenvalue weighted by atomic mass is 16.5. The second kappa shape index (κ2) is 4.61. The maximum atomic E-state index is 12.2. The Kier molecular flexibility index (Phi) is 2.93. The van der Waals surface area contributed by atoms with Gasteiger partial charge in [0.05, 0.1) is 19.9 Å². The number of H-pyrrole nitrogens is 1. The lowest BCUT2D eigenvalue weighted by atomic mass is 9.81. The first-order chi connectivity index (χ1) is 9.22. The lowest BCUT2D eigenvalue weighted by Gasteiger charge is -2.22. The van der Waals surface area contributed by atoms with Gasteiger partial charge in [-0.25, -0.2) is 0 Å². The van der Waals surface area contributed by atoms with Crippen molar-refractivity contribution in [3.63, 3.8) is 0 Å². The molecule has 4 heteroatoms. The number of carbonyl (C=O) groups excluding carboxylic acids is 1. The van der Waals surface area contributed by atoms with Crippen molar-refractivity contribution in [3.8, 4) is 11.5 Å². The molecule has 3 rings (SSSR count). The molecule has 1 aliphatic rings. The molecule has 0 spiro atoms. The van der Waals surface area contributed by atoms with Crippen LogP contribution in [0.4, 0.5) is 0 Å². The summed E-state index contributed by atoms with van der Waals surface area (Å²) in [5.74, 6) is 1.77. The van der Waals surface area contributed by atoms with Gasteiger partial charge in [-0.2, -0.15) is 0 Å². The van der Waals surface area contributed by atoms with Crippen LogP contribution < -0.4 is 9.47 Å². The molecule has 100 valence electrons. The number of benzene rings is 1. The van der Waals surface area contributed by atoms with E-state index in [1.165, 1.54) is 0 Å². The van der Waals surface area contributed by atoms with Crippen molar-refractivity contribution in [2.24, 2.45) is 5.92 Å². The number of hydrogen-bond donors (Lipinski definition) is 1. The van der Waals surface area contributed by atoms with E-state index < -0.39 is 0 Å². The number of ether oxygens (including phenoxy) is 2. The molecular formula is C15H17NO3. The summed E-state index contributed by atoms with van der Waals surface area (Å²) in [6.07, 6.45) is 3.19. The summed E-state index contributed by atoms with van der Waals surface area (Å²) < 4.78 is 10.5. The largest absolute Gasteiger partial charge is 0.493 e. The Morgan fingerprint density at radius 1 is 1.16 bits per heavy atom. The summed E-state index contributed by atoms with van der Waals surface area (Å²) in [5.41, 5.74) is 1.59. The molecule has 1 aromatic heterocycles. The molecule has 0 bridgehead atoms. The third-order valence-corrected chi connectivity index (χ3v) is 3.87. The first-order valence-electron chi connectivity index (χ1n) is 6.52. The van der Waals surface area contributed by atoms with Crippen molar-refractivity contribution < 1.29 is 14.3 Å². The molecule has 19 heavy (non-hydrogen) atoms. The van der Waals surface area contributed by atoms with Crippen LogP contribution >= 0.6 is 0 Å². The molecule has 0 amide bonds. The van der Waals surface area contributed by atoms with Gasteiger partial charge >= 0.3 is 0 Å². The van der Waals surface area contributed by atoms with Crippen LogP contribution in [0.25, 0.3) is 10.9 Å². The third kappa shape index (κ3) is 1.97. The second-order valence-corrected chi connectivity index (χ2v) is 4.97. The van der Waals surface area contributed by atoms with E-state index in [1.807, 2.05) is 18.2 Å². The number of aromatic nitrogens is 1. The molecule has 0 unspecified atom stereocenters. The van der Waals surface area contributed by atoms with Crippen molar-refractivity contribution in [2.45, 2.75) is 19.3 Å². The topological polar surface area (TPSA) is 51.3 Å². The number of nitrogens with one attached hydrogen (secondary N) is 1. The predicted molar refractivity (Wildman–Crippen MR) is 73.1 cm³/mol. The van der Waals surface area contributed by atoms with Crippen LogP contribution in [0.1, 0.15) is 29.8 Å². The number of hydrogen-bond acceptors (Lipinski definition) is 3. The van der Waals surface area contributed by atoms with Crippen molar-refractivity contribution in [3.05, 3.63) is 23.9 Å². The summed E-state index contributed by atoms with van der Waals surface area (Å²) in [7, 11) is 3.21. The zero-order valence-electron chi connectivity index (χ0n) is 11.2. The third-order valence-electron chi connectivity index (χ3n) is 3.87. The van der Waals surface area contributed by atoms with Crippen LogP contribution in [0.15, 0.2) is 18.2 Å². The van der Waals surface area contributed by atoms with Gasteiger partial charge in [0.1, 0.15) is 0 Å². The maximum Gasteiger partial charge on any atom is 0.182 e. The standard InChI is InChI=1S/C15H17NO3/c1-18-13-7-10-6-12(15(17)9-4-3-5-9)16-11(10)8-14(13)19-2/h6-9,16H,3-5H2,1-2H3. The number of aromatic amines is 1. The number of rotatable bonds is 4. The zero-order chi connectivity index (χ0) is 13.4. The average molecular weight is 259 g/mol. The summed E-state index contributed by atoms with van der Waals surface area (Å²) in [4.78, 5) is 15.4. The average Bonchev–Trinajstić information content (AvgIpc) is 2.77. The Labute approximate surface area is 111 Å². The van der Waals surface area contributed by atoms with Gasteiger partial charge in [-0.1, -0.05) is 6.42 Å². The molecular weight excluding hydrogens is 242 g/mol. The van der Waals surface area contributed by atoms with E-state index >= 15 is 0 Å². The fourth-order valence-electron chi connectivity index (χ4n) is 2.48. The van der Waals surface area contributed by atoms with E-state index in [9.17, 15) is 4.79 Å². The number of methoxy groups -OCH3 is 2. The molecule has 1 N–H and O–H groups in total. The van der Waals surface area contributed by atoms with Gasteiger partial charge in [0.15, 0.2) is 17.3 Å². The Hall–Kier alpha value is -1.97. The SMILES string of the molecule is COc1cc2cc(C(=O)C3CCC3)[nH]c2cc1OC. The van der Waals surface area contributed by atoms with Gasteiger partial charge in [0, 0.05) is 22.9 Å². The molecule has 0 radical (unpaired) electrons. The minimum atomic E-state index is 0.205. The van der Waals surface area contributed by atoms with Crippen LogP contribution in [0.5, 0.6) is 11.5 Å². The van der Waals surface area contributed by atoms with Crippen molar-refractivity contribution >= 4 is 16.7 Å². The van der Waals surface area contributed by atoms with Gasteiger partial charge in [-0.15, -0.1) is 0 Å². The molecule has 4 nitrogen and oxygen atoms in total. The Balaban J connectivity index is 2.02. The molecule has 0 aliphatic heterocycles. The van der Waals surface area contributed by atoms with Gasteiger partial charge in [-0.3, -0.25) is 4.79 Å². The van der Waals surface area contributed by atoms with Crippen molar-refractivity contribution in [1.82, 2.24) is 4.98 Å². The van der Waals surface area contributed by atoms with Crippen molar-refractivity contribution in [1.29, 1.82) is 0 Å². The Bertz CT molecular complexity index is 585. The molecule has 1 heterocycles. The van der Waals surface area contributed by atoms with Crippen LogP contribution in [0.3, 0.4) is 0 Å². The lowest BCUT2D eigenvalue weighted by molar-refractivity contribution is 0.0851. The van der Waals surface area contributed by atoms with Gasteiger partial charge in [0.25, 0.3) is 0 Å². The predicted octanol–water partition coefficient (Wildman–Crippen LogP) is 3.17. The fourth-order valence-corrected chi connectivity index (χ4v) is 2.48. The molecule has 0 atom stereocenters. The molecule has 1 aromatic carbocycles. The highest BCUT2D eigenvalue weighted by Gasteiger charge is 2.27. The highest BCUT2D eigenvalue weighted by molar-refractivity contribution is 6.01. The van der Waals surface area contributed by atoms with Crippen LogP contribution in [-0.4, -0.2) is 25.0 Å². The first kappa shape index (κ1) is 12.1. The number of ketones is 1. The van der Waals surface area contributed by atoms with E-state index in [0.717, 1.165) is 30.2 Å². The zero-order valence-corrected chi connectivity index (χ0v) is 11.2. The van der Waals surface area contributed by atoms with Gasteiger partial charge < -0.3 is 14.5 Å². The second-order valence-electron chi connectivity index (χ2n) is 4.97. The molecule has 1 fully saturated rings. The summed E-state index contributed by atoms with van der Waals surface area (Å²) >= 11 is 0. The minimum Gasteiger partial charge on any atom is -0.493 e. The quantitative estimate of drug-likeness (QED) is 0.858. The highest BCUT2D eigenvalue weighted by Crippen LogP contribution is 2.34. The summed E-state index contributed by atoms with van der Waals surface area (Å²) in [6.45, 7) is 0. The van der Waals surface area contributed by atoms with Crippen LogP contribution in [0.2, 0.25) is 0 Å². The molecule has 1 saturated carbocycles. The minimum absolute atomic E-state index is 0.205. The first-order valence-corrected chi connectivity index (χ1v) is 6.52. The lowest BCUT2D eigenvalue weighted by Crippen LogP contribution is -2.22. The van der Waals surface area contributed by atoms with E-state index in [-0.39, 0.29) is 11.7 Å². The monoisotopic (exact) mass is 259 g/mol. The normalized spacial score (nSPS) is 15.3. The van der Waals surface area contributed by atoms with Crippen molar-refractivity contribution in [2.75, 3.05) is 14.2 Å². The number of fused-ring (bicyclic) bond motifs is 1. The number of Topliss-reactive ketones (excluding diaryl/α,β-unsaturated/α-hetero) is 1. The molecule has 2 aromatic rings. The van der Waals surface area contributed by atoms with E-state index in [0.29, 0.717) is 17.2 Å². The molecule has 1 aliphatic carbocycles. The van der Waals surface area contributed by atoms with Gasteiger partial charge in [0.2, 0.25) is 0 Å². The molecule has 0 saturated heterocycles. The van der Waals surface area contributed by atoms with E-state index in [1.54, 1.807) is 14.2 Å². The fraction of sp³-hybridized carbons (Fsp3) is 0.400. The van der Waals surface area contributed by atoms with E-state index in [4.69, 9.17) is 9.47 Å².